The van der Waals surface area contributed by atoms with E-state index in [0.717, 1.165) is 12.8 Å². The fraction of sp³-hybridized carbons (Fsp3) is 0.900. The highest BCUT2D eigenvalue weighted by atomic mass is 16.3. The maximum Gasteiger partial charge on any atom is 0.133 e. The zero-order chi connectivity index (χ0) is 8.98. The lowest BCUT2D eigenvalue weighted by atomic mass is 9.82. The molecule has 0 bridgehead atoms. The van der Waals surface area contributed by atoms with Crippen molar-refractivity contribution >= 4 is 5.78 Å². The van der Waals surface area contributed by atoms with E-state index >= 15 is 0 Å². The summed E-state index contributed by atoms with van der Waals surface area (Å²) in [6, 6.07) is 0. The Morgan fingerprint density at radius 1 is 1.50 bits per heavy atom. The van der Waals surface area contributed by atoms with Crippen LogP contribution in [0.25, 0.3) is 0 Å². The van der Waals surface area contributed by atoms with Crippen molar-refractivity contribution in [3.63, 3.8) is 0 Å². The molecule has 0 spiro atoms. The van der Waals surface area contributed by atoms with Crippen LogP contribution in [-0.4, -0.2) is 16.5 Å². The lowest BCUT2D eigenvalue weighted by Crippen LogP contribution is -2.22. The standard InChI is InChI=1S/C10H16O2/c1-9-5-8(11)3-7(9)4-10(2,12)6-9/h7,12H,3-6H2,1-2H3/t7-,9+,10+/m0/s1. The molecule has 2 rings (SSSR count). The molecule has 1 N–H and O–H groups in total. The summed E-state index contributed by atoms with van der Waals surface area (Å²) in [7, 11) is 0. The first kappa shape index (κ1) is 8.24. The summed E-state index contributed by atoms with van der Waals surface area (Å²) >= 11 is 0. The van der Waals surface area contributed by atoms with Gasteiger partial charge in [0, 0.05) is 12.8 Å². The Morgan fingerprint density at radius 3 is 2.75 bits per heavy atom. The predicted molar refractivity (Wildman–Crippen MR) is 45.7 cm³/mol. The van der Waals surface area contributed by atoms with Crippen molar-refractivity contribution in [3.8, 4) is 0 Å². The molecule has 68 valence electrons. The van der Waals surface area contributed by atoms with E-state index in [1.807, 2.05) is 6.92 Å². The van der Waals surface area contributed by atoms with Crippen molar-refractivity contribution in [1.82, 2.24) is 0 Å². The summed E-state index contributed by atoms with van der Waals surface area (Å²) in [5.41, 5.74) is -0.402. The summed E-state index contributed by atoms with van der Waals surface area (Å²) in [4.78, 5) is 11.2. The number of fused-ring (bicyclic) bond motifs is 1. The SMILES string of the molecule is C[C@@]1(O)C[C@@H]2CC(=O)C[C@]2(C)C1. The number of ketones is 1. The summed E-state index contributed by atoms with van der Waals surface area (Å²) in [5, 5.41) is 9.84. The fourth-order valence-corrected chi connectivity index (χ4v) is 3.19. The van der Waals surface area contributed by atoms with Gasteiger partial charge in [0.15, 0.2) is 0 Å². The third-order valence-corrected chi connectivity index (χ3v) is 3.53. The van der Waals surface area contributed by atoms with Crippen LogP contribution in [0, 0.1) is 11.3 Å². The number of hydrogen-bond acceptors (Lipinski definition) is 2. The Morgan fingerprint density at radius 2 is 2.17 bits per heavy atom. The number of Topliss-reactive ketones (excluding diaryl/α,β-unsaturated/α-hetero) is 1. The zero-order valence-electron chi connectivity index (χ0n) is 7.76. The first-order chi connectivity index (χ1) is 5.41. The van der Waals surface area contributed by atoms with Gasteiger partial charge in [-0.1, -0.05) is 6.92 Å². The van der Waals surface area contributed by atoms with Gasteiger partial charge in [-0.05, 0) is 31.1 Å². The van der Waals surface area contributed by atoms with Crippen LogP contribution in [0.5, 0.6) is 0 Å². The largest absolute Gasteiger partial charge is 0.390 e. The lowest BCUT2D eigenvalue weighted by molar-refractivity contribution is -0.118. The molecule has 2 heteroatoms. The fourth-order valence-electron chi connectivity index (χ4n) is 3.19. The number of rotatable bonds is 0. The van der Waals surface area contributed by atoms with Crippen molar-refractivity contribution in [1.29, 1.82) is 0 Å². The van der Waals surface area contributed by atoms with E-state index in [1.165, 1.54) is 0 Å². The highest BCUT2D eigenvalue weighted by Gasteiger charge is 2.53. The highest BCUT2D eigenvalue weighted by molar-refractivity contribution is 5.82. The predicted octanol–water partition coefficient (Wildman–Crippen LogP) is 1.52. The number of aliphatic hydroxyl groups is 1. The molecule has 2 aliphatic rings. The van der Waals surface area contributed by atoms with Crippen LogP contribution in [0.4, 0.5) is 0 Å². The van der Waals surface area contributed by atoms with Gasteiger partial charge >= 0.3 is 0 Å². The van der Waals surface area contributed by atoms with Crippen molar-refractivity contribution in [2.75, 3.05) is 0 Å². The molecule has 0 unspecified atom stereocenters. The van der Waals surface area contributed by atoms with Crippen LogP contribution in [0.2, 0.25) is 0 Å². The van der Waals surface area contributed by atoms with E-state index in [1.54, 1.807) is 0 Å². The Labute approximate surface area is 73.0 Å². The van der Waals surface area contributed by atoms with Crippen molar-refractivity contribution in [2.45, 2.75) is 45.1 Å². The molecule has 2 fully saturated rings. The van der Waals surface area contributed by atoms with E-state index in [0.29, 0.717) is 24.5 Å². The van der Waals surface area contributed by atoms with Gasteiger partial charge in [-0.15, -0.1) is 0 Å². The second kappa shape index (κ2) is 2.11. The molecule has 12 heavy (non-hydrogen) atoms. The summed E-state index contributed by atoms with van der Waals surface area (Å²) in [5.74, 6) is 0.831. The molecule has 2 nitrogen and oxygen atoms in total. The average molecular weight is 168 g/mol. The third-order valence-electron chi connectivity index (χ3n) is 3.53. The van der Waals surface area contributed by atoms with Gasteiger partial charge in [0.05, 0.1) is 5.60 Å². The van der Waals surface area contributed by atoms with Gasteiger partial charge in [-0.25, -0.2) is 0 Å². The van der Waals surface area contributed by atoms with Crippen LogP contribution in [0.3, 0.4) is 0 Å². The Balaban J connectivity index is 2.22. The first-order valence-electron chi connectivity index (χ1n) is 4.65. The molecular weight excluding hydrogens is 152 g/mol. The average Bonchev–Trinajstić information content (AvgIpc) is 2.11. The molecule has 0 saturated heterocycles. The second-order valence-corrected chi connectivity index (χ2v) is 5.15. The lowest BCUT2D eigenvalue weighted by Gasteiger charge is -2.23. The van der Waals surface area contributed by atoms with Gasteiger partial charge in [-0.3, -0.25) is 4.79 Å². The summed E-state index contributed by atoms with van der Waals surface area (Å²) < 4.78 is 0. The van der Waals surface area contributed by atoms with Crippen molar-refractivity contribution in [2.24, 2.45) is 11.3 Å². The van der Waals surface area contributed by atoms with Crippen LogP contribution < -0.4 is 0 Å². The monoisotopic (exact) mass is 168 g/mol. The number of carbonyl (C=O) groups is 1. The van der Waals surface area contributed by atoms with E-state index in [9.17, 15) is 9.90 Å². The van der Waals surface area contributed by atoms with E-state index in [-0.39, 0.29) is 5.41 Å². The summed E-state index contributed by atoms with van der Waals surface area (Å²) in [6.45, 7) is 4.03. The van der Waals surface area contributed by atoms with Crippen LogP contribution >= 0.6 is 0 Å². The molecule has 2 aliphatic carbocycles. The van der Waals surface area contributed by atoms with Gasteiger partial charge in [-0.2, -0.15) is 0 Å². The normalized spacial score (nSPS) is 52.9. The highest BCUT2D eigenvalue weighted by Crippen LogP contribution is 2.55. The Hall–Kier alpha value is -0.370. The number of carbonyl (C=O) groups excluding carboxylic acids is 1. The van der Waals surface area contributed by atoms with Crippen molar-refractivity contribution in [3.05, 3.63) is 0 Å². The van der Waals surface area contributed by atoms with Crippen LogP contribution in [0.1, 0.15) is 39.5 Å². The molecule has 0 aromatic carbocycles. The molecule has 0 aliphatic heterocycles. The Kier molecular flexibility index (Phi) is 1.45. The molecule has 0 aromatic rings. The van der Waals surface area contributed by atoms with Crippen LogP contribution in [0.15, 0.2) is 0 Å². The first-order valence-corrected chi connectivity index (χ1v) is 4.65. The minimum Gasteiger partial charge on any atom is -0.390 e. The maximum absolute atomic E-state index is 11.2. The maximum atomic E-state index is 11.2. The second-order valence-electron chi connectivity index (χ2n) is 5.15. The third kappa shape index (κ3) is 1.09. The van der Waals surface area contributed by atoms with Gasteiger partial charge in [0.2, 0.25) is 0 Å². The zero-order valence-corrected chi connectivity index (χ0v) is 7.76. The van der Waals surface area contributed by atoms with E-state index in [2.05, 4.69) is 6.92 Å². The van der Waals surface area contributed by atoms with Crippen molar-refractivity contribution < 1.29 is 9.90 Å². The van der Waals surface area contributed by atoms with Gasteiger partial charge < -0.3 is 5.11 Å². The molecule has 3 atom stereocenters. The minimum absolute atomic E-state index is 0.112. The Bertz CT molecular complexity index is 232. The van der Waals surface area contributed by atoms with Gasteiger partial charge in [0.1, 0.15) is 5.78 Å². The molecule has 0 aromatic heterocycles. The minimum atomic E-state index is -0.514. The molecule has 2 saturated carbocycles. The summed E-state index contributed by atoms with van der Waals surface area (Å²) in [6.07, 6.45) is 3.01. The van der Waals surface area contributed by atoms with E-state index in [4.69, 9.17) is 0 Å². The van der Waals surface area contributed by atoms with Gasteiger partial charge in [0.25, 0.3) is 0 Å². The van der Waals surface area contributed by atoms with E-state index < -0.39 is 5.60 Å². The topological polar surface area (TPSA) is 37.3 Å². The molecule has 0 amide bonds. The molecular formula is C10H16O2. The molecule has 0 radical (unpaired) electrons. The quantitative estimate of drug-likeness (QED) is 0.595. The molecule has 0 heterocycles. The smallest absolute Gasteiger partial charge is 0.133 e. The number of hydrogen-bond donors (Lipinski definition) is 1. The van der Waals surface area contributed by atoms with Crippen LogP contribution in [-0.2, 0) is 4.79 Å².